The van der Waals surface area contributed by atoms with E-state index in [0.717, 1.165) is 4.90 Å². The van der Waals surface area contributed by atoms with Gasteiger partial charge in [-0.15, -0.1) is 0 Å². The van der Waals surface area contributed by atoms with E-state index in [4.69, 9.17) is 23.2 Å². The van der Waals surface area contributed by atoms with Crippen molar-refractivity contribution in [2.24, 2.45) is 0 Å². The molecule has 1 aliphatic rings. The van der Waals surface area contributed by atoms with Gasteiger partial charge >= 0.3 is 11.5 Å². The van der Waals surface area contributed by atoms with E-state index in [0.29, 0.717) is 11.1 Å². The Hall–Kier alpha value is -2.82. The van der Waals surface area contributed by atoms with E-state index in [1.807, 2.05) is 0 Å². The van der Waals surface area contributed by atoms with Crippen LogP contribution < -0.4 is 10.2 Å². The highest BCUT2D eigenvalue weighted by Crippen LogP contribution is 2.45. The number of carbonyl (C=O) groups excluding carboxylic acids is 2. The molecule has 0 radical (unpaired) electrons. The highest BCUT2D eigenvalue weighted by molar-refractivity contribution is 8.00. The zero-order valence-electron chi connectivity index (χ0n) is 18.9. The van der Waals surface area contributed by atoms with Gasteiger partial charge < -0.3 is 5.32 Å². The van der Waals surface area contributed by atoms with Gasteiger partial charge in [0, 0.05) is 29.1 Å². The summed E-state index contributed by atoms with van der Waals surface area (Å²) in [5, 5.41) is 3.32. The van der Waals surface area contributed by atoms with Crippen molar-refractivity contribution in [3.05, 3.63) is 82.4 Å². The number of alkyl halides is 3. The van der Waals surface area contributed by atoms with Crippen LogP contribution in [0.25, 0.3) is 0 Å². The number of rotatable bonds is 6. The number of amides is 3. The summed E-state index contributed by atoms with van der Waals surface area (Å²) in [6.45, 7) is 3.57. The van der Waals surface area contributed by atoms with Crippen LogP contribution in [-0.4, -0.2) is 33.0 Å². The van der Waals surface area contributed by atoms with Gasteiger partial charge in [-0.3, -0.25) is 4.79 Å². The molecule has 3 amide bonds. The van der Waals surface area contributed by atoms with E-state index in [1.54, 1.807) is 38.1 Å². The van der Waals surface area contributed by atoms with E-state index >= 15 is 0 Å². The van der Waals surface area contributed by atoms with Crippen LogP contribution in [0.5, 0.6) is 0 Å². The number of hydrogen-bond donors (Lipinski definition) is 1. The molecule has 2 unspecified atom stereocenters. The quantitative estimate of drug-likeness (QED) is 0.206. The Morgan fingerprint density at radius 3 is 1.86 bits per heavy atom. The molecule has 3 aromatic rings. The first-order valence-corrected chi connectivity index (χ1v) is 12.2. The average molecular weight is 555 g/mol. The smallest absolute Gasteiger partial charge is 0.322 e. The molecule has 1 N–H and O–H groups in total. The zero-order valence-corrected chi connectivity index (χ0v) is 21.2. The lowest BCUT2D eigenvalue weighted by Crippen LogP contribution is -2.55. The Kier molecular flexibility index (Phi) is 7.23. The van der Waals surface area contributed by atoms with Crippen molar-refractivity contribution in [3.63, 3.8) is 0 Å². The molecule has 1 saturated heterocycles. The maximum absolute atomic E-state index is 14.1. The molecular weight excluding hydrogens is 536 g/mol. The fraction of sp³-hybridized carbons (Fsp3) is 0.250. The Morgan fingerprint density at radius 1 is 0.917 bits per heavy atom. The highest BCUT2D eigenvalue weighted by atomic mass is 35.5. The molecule has 0 saturated carbocycles. The maximum atomic E-state index is 14.1. The van der Waals surface area contributed by atoms with Gasteiger partial charge in [0.1, 0.15) is 15.8 Å². The summed E-state index contributed by atoms with van der Waals surface area (Å²) in [7, 11) is 0. The summed E-state index contributed by atoms with van der Waals surface area (Å²) in [6.07, 6.45) is 3.01. The highest BCUT2D eigenvalue weighted by Gasteiger charge is 2.58. The minimum atomic E-state index is -4.46. The number of nitrogens with zero attached hydrogens (tertiary/aromatic N) is 3. The van der Waals surface area contributed by atoms with E-state index in [9.17, 15) is 22.8 Å². The number of halogens is 5. The fourth-order valence-electron chi connectivity index (χ4n) is 4.46. The third kappa shape index (κ3) is 5.02. The standard InChI is InChI=1S/C24H19Cl2F3N4O2S/c1-13(15-7-9-30-19(25)11-15)23(14(2)16-8-10-31-20(26)12-16)21(34)33(22(35)32-23)17-3-5-18(6-4-17)36-24(27,28)29/h3-14H,1-2H3,(H,32,35). The Bertz CT molecular complexity index is 1260. The second-order valence-electron chi connectivity index (χ2n) is 8.25. The molecule has 0 spiro atoms. The van der Waals surface area contributed by atoms with Crippen molar-refractivity contribution in [1.29, 1.82) is 0 Å². The predicted molar refractivity (Wildman–Crippen MR) is 132 cm³/mol. The van der Waals surface area contributed by atoms with Crippen molar-refractivity contribution < 1.29 is 22.8 Å². The molecule has 2 atom stereocenters. The molecule has 1 aliphatic heterocycles. The van der Waals surface area contributed by atoms with Crippen LogP contribution in [0, 0.1) is 0 Å². The number of thioether (sulfide) groups is 1. The molecule has 2 aromatic heterocycles. The van der Waals surface area contributed by atoms with Gasteiger partial charge in [-0.2, -0.15) is 13.2 Å². The molecular formula is C24H19Cl2F3N4O2S. The van der Waals surface area contributed by atoms with Gasteiger partial charge in [0.25, 0.3) is 5.91 Å². The number of aromatic nitrogens is 2. The van der Waals surface area contributed by atoms with E-state index in [1.165, 1.54) is 36.7 Å². The lowest BCUT2D eigenvalue weighted by atomic mass is 9.70. The molecule has 1 fully saturated rings. The van der Waals surface area contributed by atoms with Crippen molar-refractivity contribution in [1.82, 2.24) is 15.3 Å². The second-order valence-corrected chi connectivity index (χ2v) is 10.2. The Morgan fingerprint density at radius 2 is 1.42 bits per heavy atom. The SMILES string of the molecule is CC(c1ccnc(Cl)c1)C1(C(C)c2ccnc(Cl)c2)NC(=O)N(c2ccc(SC(F)(F)F)cc2)C1=O. The van der Waals surface area contributed by atoms with Crippen molar-refractivity contribution in [3.8, 4) is 0 Å². The minimum absolute atomic E-state index is 0.0656. The molecule has 0 bridgehead atoms. The first kappa shape index (κ1) is 26.2. The summed E-state index contributed by atoms with van der Waals surface area (Å²) in [6, 6.07) is 11.0. The largest absolute Gasteiger partial charge is 0.446 e. The summed E-state index contributed by atoms with van der Waals surface area (Å²) < 4.78 is 38.2. The first-order valence-electron chi connectivity index (χ1n) is 10.7. The topological polar surface area (TPSA) is 75.2 Å². The van der Waals surface area contributed by atoms with Gasteiger partial charge in [0.2, 0.25) is 0 Å². The Balaban J connectivity index is 1.79. The van der Waals surface area contributed by atoms with E-state index < -0.39 is 34.8 Å². The summed E-state index contributed by atoms with van der Waals surface area (Å²) in [5.41, 5.74) is -4.47. The van der Waals surface area contributed by atoms with Crippen molar-refractivity contribution in [2.45, 2.75) is 41.6 Å². The molecule has 188 valence electrons. The van der Waals surface area contributed by atoms with Crippen LogP contribution in [0.15, 0.2) is 65.8 Å². The second kappa shape index (κ2) is 9.91. The summed E-state index contributed by atoms with van der Waals surface area (Å²) in [5.74, 6) is -1.73. The molecule has 36 heavy (non-hydrogen) atoms. The van der Waals surface area contributed by atoms with Crippen LogP contribution >= 0.6 is 35.0 Å². The van der Waals surface area contributed by atoms with Gasteiger partial charge in [-0.25, -0.2) is 19.7 Å². The number of anilines is 1. The predicted octanol–water partition coefficient (Wildman–Crippen LogP) is 6.80. The number of urea groups is 1. The molecule has 1 aromatic carbocycles. The fourth-order valence-corrected chi connectivity index (χ4v) is 5.36. The number of pyridine rings is 2. The van der Waals surface area contributed by atoms with Gasteiger partial charge in [-0.05, 0) is 71.4 Å². The van der Waals surface area contributed by atoms with Crippen LogP contribution in [0.4, 0.5) is 23.7 Å². The maximum Gasteiger partial charge on any atom is 0.446 e. The van der Waals surface area contributed by atoms with Crippen molar-refractivity contribution >= 4 is 52.6 Å². The molecule has 0 aliphatic carbocycles. The lowest BCUT2D eigenvalue weighted by molar-refractivity contribution is -0.123. The average Bonchev–Trinajstić information content (AvgIpc) is 3.08. The Labute approximate surface area is 219 Å². The van der Waals surface area contributed by atoms with Gasteiger partial charge in [-0.1, -0.05) is 37.0 Å². The number of nitrogens with one attached hydrogen (secondary N) is 1. The van der Waals surface area contributed by atoms with Crippen LogP contribution in [-0.2, 0) is 4.79 Å². The summed E-state index contributed by atoms with van der Waals surface area (Å²) >= 11 is 11.9. The van der Waals surface area contributed by atoms with Crippen LogP contribution in [0.1, 0.15) is 36.8 Å². The van der Waals surface area contributed by atoms with Crippen LogP contribution in [0.2, 0.25) is 10.3 Å². The molecule has 6 nitrogen and oxygen atoms in total. The van der Waals surface area contributed by atoms with Gasteiger partial charge in [0.05, 0.1) is 5.69 Å². The lowest BCUT2D eigenvalue weighted by Gasteiger charge is -2.38. The molecule has 3 heterocycles. The number of benzene rings is 1. The molecule has 4 rings (SSSR count). The van der Waals surface area contributed by atoms with E-state index in [-0.39, 0.29) is 32.7 Å². The minimum Gasteiger partial charge on any atom is -0.322 e. The third-order valence-electron chi connectivity index (χ3n) is 6.27. The number of carbonyl (C=O) groups is 2. The zero-order chi connectivity index (χ0) is 26.3. The van der Waals surface area contributed by atoms with E-state index in [2.05, 4.69) is 15.3 Å². The van der Waals surface area contributed by atoms with Crippen LogP contribution in [0.3, 0.4) is 0 Å². The van der Waals surface area contributed by atoms with Crippen molar-refractivity contribution in [2.75, 3.05) is 4.90 Å². The third-order valence-corrected chi connectivity index (χ3v) is 7.42. The summed E-state index contributed by atoms with van der Waals surface area (Å²) in [4.78, 5) is 36.2. The number of hydrogen-bond acceptors (Lipinski definition) is 5. The normalized spacial score (nSPS) is 19.8. The number of imide groups is 1. The molecule has 12 heteroatoms. The monoisotopic (exact) mass is 554 g/mol. The first-order chi connectivity index (χ1) is 16.9. The van der Waals surface area contributed by atoms with Gasteiger partial charge in [0.15, 0.2) is 0 Å².